The number of hydrogen-bond donors (Lipinski definition) is 4. The molecule has 63 heavy (non-hydrogen) atoms. The number of unbranched alkanes of at least 4 members (excludes halogenated alkanes) is 9. The molecule has 4 aliphatic heterocycles. The van der Waals surface area contributed by atoms with Gasteiger partial charge in [0.25, 0.3) is 0 Å². The summed E-state index contributed by atoms with van der Waals surface area (Å²) in [5.74, 6) is 0. The van der Waals surface area contributed by atoms with Crippen molar-refractivity contribution in [1.29, 1.82) is 0 Å². The number of aliphatic hydroxyl groups excluding tert-OH is 1. The molecule has 0 saturated carbocycles. The van der Waals surface area contributed by atoms with E-state index in [-0.39, 0.29) is 19.6 Å². The van der Waals surface area contributed by atoms with Crippen LogP contribution in [0.1, 0.15) is 139 Å². The van der Waals surface area contributed by atoms with E-state index in [1.165, 1.54) is 14.7 Å². The van der Waals surface area contributed by atoms with E-state index in [9.17, 15) is 29.1 Å². The van der Waals surface area contributed by atoms with E-state index >= 15 is 0 Å². The first kappa shape index (κ1) is 52.0. The maximum absolute atomic E-state index is 13.7. The first-order valence-corrected chi connectivity index (χ1v) is 23.9. The van der Waals surface area contributed by atoms with Gasteiger partial charge in [0.05, 0.1) is 0 Å². The number of imide groups is 1. The van der Waals surface area contributed by atoms with E-state index < -0.39 is 53.5 Å². The molecule has 0 radical (unpaired) electrons. The average Bonchev–Trinajstić information content (AvgIpc) is 4.14. The Morgan fingerprint density at radius 1 is 0.508 bits per heavy atom. The summed E-state index contributed by atoms with van der Waals surface area (Å²) in [7, 11) is 0. The van der Waals surface area contributed by atoms with Crippen LogP contribution in [0.2, 0.25) is 0 Å². The number of rotatable bonds is 30. The number of urea groups is 2. The van der Waals surface area contributed by atoms with Gasteiger partial charge in [-0.05, 0) is 101 Å². The zero-order valence-electron chi connectivity index (χ0n) is 40.2. The molecule has 4 aliphatic rings. The molecule has 7 amide bonds. The zero-order chi connectivity index (χ0) is 46.4. The van der Waals surface area contributed by atoms with Crippen LogP contribution in [0.25, 0.3) is 0 Å². The number of nitrogens with one attached hydrogen (secondary N) is 3. The highest BCUT2D eigenvalue weighted by molar-refractivity contribution is 5.96. The van der Waals surface area contributed by atoms with Gasteiger partial charge in [-0.25, -0.2) is 28.9 Å². The molecule has 18 heteroatoms. The van der Waals surface area contributed by atoms with E-state index in [0.29, 0.717) is 76.7 Å². The Labute approximate surface area is 377 Å². The van der Waals surface area contributed by atoms with Gasteiger partial charge in [-0.15, -0.1) is 0 Å². The number of carbonyl (C=O) groups excluding carboxylic acids is 5. The molecule has 4 rings (SSSR count). The third-order valence-electron chi connectivity index (χ3n) is 12.1. The topological polar surface area (TPSA) is 188 Å². The van der Waals surface area contributed by atoms with Crippen molar-refractivity contribution in [3.63, 3.8) is 0 Å². The van der Waals surface area contributed by atoms with Crippen LogP contribution in [0.15, 0.2) is 0 Å². The second-order valence-electron chi connectivity index (χ2n) is 20.3. The van der Waals surface area contributed by atoms with Gasteiger partial charge in [-0.3, -0.25) is 24.5 Å². The van der Waals surface area contributed by atoms with E-state index in [1.54, 1.807) is 0 Å². The first-order valence-electron chi connectivity index (χ1n) is 23.9. The molecule has 4 saturated heterocycles. The average molecular weight is 894 g/mol. The van der Waals surface area contributed by atoms with Crippen LogP contribution < -0.4 is 16.0 Å². The SMILES string of the molecule is CC1CN1CC(C)(C)OC(=O)NCCCCCCN1C(=O)N(CCCCCCNC(=O)OC(C)(C)CN2CC2C)C(O)N(CCCCCCNC(=O)OC(C)(C)CN2CC2C)C1=O. The summed E-state index contributed by atoms with van der Waals surface area (Å²) in [4.78, 5) is 75.3. The molecular weight excluding hydrogens is 811 g/mol. The van der Waals surface area contributed by atoms with Gasteiger partial charge in [-0.2, -0.15) is 0 Å². The fourth-order valence-electron chi connectivity index (χ4n) is 8.18. The van der Waals surface area contributed by atoms with Crippen molar-refractivity contribution in [2.24, 2.45) is 0 Å². The van der Waals surface area contributed by atoms with Gasteiger partial charge < -0.3 is 35.3 Å². The van der Waals surface area contributed by atoms with Crippen LogP contribution in [0, 0.1) is 0 Å². The second-order valence-corrected chi connectivity index (χ2v) is 20.3. The fraction of sp³-hybridized carbons (Fsp3) is 0.889. The largest absolute Gasteiger partial charge is 0.442 e. The molecule has 362 valence electrons. The Hall–Kier alpha value is -3.61. The van der Waals surface area contributed by atoms with Crippen LogP contribution in [-0.4, -0.2) is 185 Å². The number of alkyl carbamates (subject to hydrolysis) is 3. The van der Waals surface area contributed by atoms with E-state index in [0.717, 1.165) is 77.4 Å². The smallest absolute Gasteiger partial charge is 0.407 e. The lowest BCUT2D eigenvalue weighted by Gasteiger charge is -2.44. The van der Waals surface area contributed by atoms with Gasteiger partial charge in [0, 0.05) is 96.7 Å². The molecule has 0 spiro atoms. The van der Waals surface area contributed by atoms with Gasteiger partial charge >= 0.3 is 30.3 Å². The number of ether oxygens (including phenoxy) is 3. The second kappa shape index (κ2) is 24.1. The highest BCUT2D eigenvalue weighted by Crippen LogP contribution is 2.25. The van der Waals surface area contributed by atoms with Gasteiger partial charge in [0.1, 0.15) is 16.8 Å². The van der Waals surface area contributed by atoms with Gasteiger partial charge in [0.2, 0.25) is 6.35 Å². The fourth-order valence-corrected chi connectivity index (χ4v) is 8.18. The molecule has 0 aromatic carbocycles. The third-order valence-corrected chi connectivity index (χ3v) is 12.1. The predicted molar refractivity (Wildman–Crippen MR) is 241 cm³/mol. The van der Waals surface area contributed by atoms with Crippen molar-refractivity contribution in [2.75, 3.05) is 78.5 Å². The Bertz CT molecular complexity index is 1420. The van der Waals surface area contributed by atoms with Crippen molar-refractivity contribution >= 4 is 30.3 Å². The number of aliphatic hydroxyl groups is 1. The minimum absolute atomic E-state index is 0.223. The lowest BCUT2D eigenvalue weighted by molar-refractivity contribution is -0.0938. The third kappa shape index (κ3) is 19.2. The van der Waals surface area contributed by atoms with Gasteiger partial charge in [-0.1, -0.05) is 38.5 Å². The molecule has 6 atom stereocenters. The molecule has 0 aromatic heterocycles. The standard InChI is InChI=1S/C45H83N9O9/c1-34-28-49(34)31-43(4,5)61-37(55)46-22-16-10-13-19-25-52-40(58)53(26-20-14-11-17-23-47-38(56)62-44(6,7)32-50-29-35(50)2)42(60)54(41(52)59)27-21-15-12-18-24-48-39(57)63-45(8,9)33-51-30-36(51)3/h34-36,40,58H,10-33H2,1-9H3,(H,46,55)(H,47,56)(H,48,57). The molecule has 6 unspecified atom stereocenters. The zero-order valence-corrected chi connectivity index (χ0v) is 40.2. The van der Waals surface area contributed by atoms with Gasteiger partial charge in [0.15, 0.2) is 0 Å². The number of nitrogens with zero attached hydrogens (tertiary/aromatic N) is 6. The predicted octanol–water partition coefficient (Wildman–Crippen LogP) is 5.73. The first-order chi connectivity index (χ1) is 29.7. The minimum atomic E-state index is -1.37. The lowest BCUT2D eigenvalue weighted by Crippen LogP contribution is -2.66. The van der Waals surface area contributed by atoms with Crippen molar-refractivity contribution < 1.29 is 43.3 Å². The van der Waals surface area contributed by atoms with E-state index in [2.05, 4.69) is 51.4 Å². The summed E-state index contributed by atoms with van der Waals surface area (Å²) in [5, 5.41) is 19.9. The highest BCUT2D eigenvalue weighted by Gasteiger charge is 2.43. The Morgan fingerprint density at radius 2 is 0.778 bits per heavy atom. The van der Waals surface area contributed by atoms with Crippen molar-refractivity contribution in [3.8, 4) is 0 Å². The summed E-state index contributed by atoms with van der Waals surface area (Å²) in [6.07, 6.45) is 6.11. The summed E-state index contributed by atoms with van der Waals surface area (Å²) in [6.45, 7) is 25.3. The van der Waals surface area contributed by atoms with Crippen LogP contribution in [0.3, 0.4) is 0 Å². The van der Waals surface area contributed by atoms with Crippen LogP contribution in [0.5, 0.6) is 0 Å². The number of hydrogen-bond acceptors (Lipinski definition) is 12. The molecule has 18 nitrogen and oxygen atoms in total. The molecule has 0 aliphatic carbocycles. The monoisotopic (exact) mass is 894 g/mol. The normalized spacial score (nSPS) is 24.5. The highest BCUT2D eigenvalue weighted by atomic mass is 16.6. The maximum Gasteiger partial charge on any atom is 0.407 e. The maximum atomic E-state index is 13.7. The lowest BCUT2D eigenvalue weighted by atomic mass is 10.1. The van der Waals surface area contributed by atoms with Crippen LogP contribution in [-0.2, 0) is 14.2 Å². The number of carbonyl (C=O) groups is 5. The molecule has 4 N–H and O–H groups in total. The quantitative estimate of drug-likeness (QED) is 0.0391. The summed E-state index contributed by atoms with van der Waals surface area (Å²) < 4.78 is 16.9. The van der Waals surface area contributed by atoms with Crippen LogP contribution in [0.4, 0.5) is 24.0 Å². The van der Waals surface area contributed by atoms with E-state index in [4.69, 9.17) is 14.2 Å². The summed E-state index contributed by atoms with van der Waals surface area (Å²) >= 11 is 0. The van der Waals surface area contributed by atoms with Crippen LogP contribution >= 0.6 is 0 Å². The molecule has 0 bridgehead atoms. The summed E-state index contributed by atoms with van der Waals surface area (Å²) in [5.41, 5.74) is -1.72. The number of amides is 7. The van der Waals surface area contributed by atoms with Crippen molar-refractivity contribution in [3.05, 3.63) is 0 Å². The minimum Gasteiger partial charge on any atom is -0.442 e. The summed E-state index contributed by atoms with van der Waals surface area (Å²) in [6, 6.07) is 0.604. The Balaban J connectivity index is 1.16. The molecule has 4 heterocycles. The van der Waals surface area contributed by atoms with E-state index in [1.807, 2.05) is 41.5 Å². The van der Waals surface area contributed by atoms with Crippen molar-refractivity contribution in [2.45, 2.75) is 181 Å². The van der Waals surface area contributed by atoms with Crippen molar-refractivity contribution in [1.82, 2.24) is 45.3 Å². The Kier molecular flexibility index (Phi) is 19.9. The molecule has 4 fully saturated rings. The molecule has 0 aromatic rings. The molecular formula is C45H83N9O9. The Morgan fingerprint density at radius 3 is 1.06 bits per heavy atom.